The lowest BCUT2D eigenvalue weighted by molar-refractivity contribution is 0.595. The molecule has 4 heterocycles. The van der Waals surface area contributed by atoms with Gasteiger partial charge in [0.1, 0.15) is 0 Å². The molecule has 52 heavy (non-hydrogen) atoms. The maximum atomic E-state index is 5.34. The molecule has 5 aromatic carbocycles. The number of nitrogens with zero attached hydrogens (tertiary/aromatic N) is 5. The van der Waals surface area contributed by atoms with Crippen LogP contribution in [0.2, 0.25) is 0 Å². The van der Waals surface area contributed by atoms with Gasteiger partial charge in [-0.15, -0.1) is 0 Å². The van der Waals surface area contributed by atoms with E-state index < -0.39 is 0 Å². The summed E-state index contributed by atoms with van der Waals surface area (Å²) in [5.41, 5.74) is 12.3. The molecule has 0 amide bonds. The fourth-order valence-corrected chi connectivity index (χ4v) is 7.02. The van der Waals surface area contributed by atoms with E-state index in [1.54, 1.807) is 0 Å². The number of hydrogen-bond acceptors (Lipinski definition) is 5. The van der Waals surface area contributed by atoms with Crippen LogP contribution in [0.3, 0.4) is 0 Å². The van der Waals surface area contributed by atoms with Crippen LogP contribution in [0.4, 0.5) is 0 Å². The highest BCUT2D eigenvalue weighted by Crippen LogP contribution is 2.37. The summed E-state index contributed by atoms with van der Waals surface area (Å²) in [5, 5.41) is 3.24. The molecule has 0 bridgehead atoms. The highest BCUT2D eigenvalue weighted by molar-refractivity contribution is 6.05. The molecule has 0 aliphatic heterocycles. The predicted molar refractivity (Wildman–Crippen MR) is 214 cm³/mol. The van der Waals surface area contributed by atoms with Crippen LogP contribution < -0.4 is 0 Å². The Morgan fingerprint density at radius 1 is 0.404 bits per heavy atom. The van der Waals surface area contributed by atoms with Crippen molar-refractivity contribution in [2.75, 3.05) is 0 Å². The van der Waals surface area contributed by atoms with Crippen molar-refractivity contribution >= 4 is 32.7 Å². The van der Waals surface area contributed by atoms with Gasteiger partial charge >= 0.3 is 0 Å². The molecule has 0 fully saturated rings. The zero-order chi connectivity index (χ0) is 35.2. The summed E-state index contributed by atoms with van der Waals surface area (Å²) in [6, 6.07) is 52.2. The van der Waals surface area contributed by atoms with Crippen molar-refractivity contribution < 1.29 is 0 Å². The van der Waals surface area contributed by atoms with Gasteiger partial charge in [-0.2, -0.15) is 0 Å². The first-order valence-corrected chi connectivity index (χ1v) is 17.6. The fraction of sp³-hybridized carbons (Fsp3) is 0.0851. The Morgan fingerprint density at radius 2 is 1.02 bits per heavy atom. The van der Waals surface area contributed by atoms with Crippen LogP contribution >= 0.6 is 0 Å². The Balaban J connectivity index is 1.24. The van der Waals surface area contributed by atoms with Gasteiger partial charge in [0, 0.05) is 44.6 Å². The summed E-state index contributed by atoms with van der Waals surface area (Å²) in [5.74, 6) is 0.630. The average molecular weight is 670 g/mol. The van der Waals surface area contributed by atoms with E-state index in [1.807, 2.05) is 42.6 Å². The second kappa shape index (κ2) is 12.6. The minimum Gasteiger partial charge on any atom is -0.256 e. The third-order valence-electron chi connectivity index (χ3n) is 9.64. The normalized spacial score (nSPS) is 11.8. The Labute approximate surface area is 302 Å². The summed E-state index contributed by atoms with van der Waals surface area (Å²) < 4.78 is 0. The number of aromatic nitrogens is 5. The lowest BCUT2D eigenvalue weighted by atomic mass is 9.83. The van der Waals surface area contributed by atoms with Gasteiger partial charge in [0.15, 0.2) is 5.82 Å². The molecule has 5 nitrogen and oxygen atoms in total. The first-order chi connectivity index (χ1) is 25.4. The topological polar surface area (TPSA) is 64.5 Å². The van der Waals surface area contributed by atoms with Crippen LogP contribution in [0.25, 0.3) is 89.1 Å². The Hall–Kier alpha value is -6.59. The smallest absolute Gasteiger partial charge is 0.160 e. The molecule has 0 saturated carbocycles. The van der Waals surface area contributed by atoms with E-state index in [0.717, 1.165) is 83.3 Å². The van der Waals surface area contributed by atoms with Crippen LogP contribution in [0.15, 0.2) is 158 Å². The monoisotopic (exact) mass is 669 g/mol. The largest absolute Gasteiger partial charge is 0.256 e. The van der Waals surface area contributed by atoms with Crippen molar-refractivity contribution in [2.24, 2.45) is 0 Å². The molecule has 0 atom stereocenters. The number of pyridine rings is 3. The standard InChI is InChI=1S/C47H35N5/c1-47(2,3)38-28-40(30-13-6-4-7-14-30)50-45-37(38)24-22-33-23-25-39(49-44(33)45)42-29-41(31-15-8-5-9-16-31)51-46(52-42)35-19-10-18-34(27-35)36-21-11-17-32-20-12-26-48-43(32)36/h4-29H,1-3H3. The van der Waals surface area contributed by atoms with Crippen LogP contribution in [0, 0.1) is 0 Å². The molecule has 9 aromatic rings. The molecule has 0 unspecified atom stereocenters. The van der Waals surface area contributed by atoms with E-state index in [4.69, 9.17) is 24.9 Å². The summed E-state index contributed by atoms with van der Waals surface area (Å²) >= 11 is 0. The van der Waals surface area contributed by atoms with E-state index >= 15 is 0 Å². The van der Waals surface area contributed by atoms with E-state index in [2.05, 4.69) is 136 Å². The maximum Gasteiger partial charge on any atom is 0.160 e. The molecule has 0 aliphatic rings. The summed E-state index contributed by atoms with van der Waals surface area (Å²) in [7, 11) is 0. The van der Waals surface area contributed by atoms with E-state index in [9.17, 15) is 0 Å². The van der Waals surface area contributed by atoms with Crippen molar-refractivity contribution in [3.05, 3.63) is 163 Å². The van der Waals surface area contributed by atoms with Gasteiger partial charge in [-0.05, 0) is 46.9 Å². The predicted octanol–water partition coefficient (Wildman–Crippen LogP) is 11.8. The molecule has 5 heteroatoms. The van der Waals surface area contributed by atoms with Crippen molar-refractivity contribution in [3.63, 3.8) is 0 Å². The maximum absolute atomic E-state index is 5.34. The van der Waals surface area contributed by atoms with Crippen molar-refractivity contribution in [1.29, 1.82) is 0 Å². The number of benzene rings is 5. The first-order valence-electron chi connectivity index (χ1n) is 17.6. The van der Waals surface area contributed by atoms with E-state index in [0.29, 0.717) is 5.82 Å². The van der Waals surface area contributed by atoms with Gasteiger partial charge in [-0.3, -0.25) is 4.98 Å². The molecule has 4 aromatic heterocycles. The van der Waals surface area contributed by atoms with Gasteiger partial charge in [-0.1, -0.05) is 142 Å². The molecule has 248 valence electrons. The summed E-state index contributed by atoms with van der Waals surface area (Å²) in [4.78, 5) is 25.6. The molecule has 0 saturated heterocycles. The van der Waals surface area contributed by atoms with Gasteiger partial charge in [-0.25, -0.2) is 19.9 Å². The van der Waals surface area contributed by atoms with Gasteiger partial charge in [0.05, 0.1) is 39.3 Å². The lowest BCUT2D eigenvalue weighted by Crippen LogP contribution is -2.12. The molecule has 9 rings (SSSR count). The van der Waals surface area contributed by atoms with E-state index in [-0.39, 0.29) is 5.41 Å². The highest BCUT2D eigenvalue weighted by Gasteiger charge is 2.21. The molecule has 0 radical (unpaired) electrons. The van der Waals surface area contributed by atoms with E-state index in [1.165, 1.54) is 5.56 Å². The van der Waals surface area contributed by atoms with Crippen LogP contribution in [-0.4, -0.2) is 24.9 Å². The fourth-order valence-electron chi connectivity index (χ4n) is 7.02. The Bertz CT molecular complexity index is 2760. The first kappa shape index (κ1) is 31.4. The quantitative estimate of drug-likeness (QED) is 0.171. The highest BCUT2D eigenvalue weighted by atomic mass is 14.9. The zero-order valence-corrected chi connectivity index (χ0v) is 29.2. The Kier molecular flexibility index (Phi) is 7.62. The van der Waals surface area contributed by atoms with Crippen molar-refractivity contribution in [2.45, 2.75) is 26.2 Å². The minimum absolute atomic E-state index is 0.0984. The van der Waals surface area contributed by atoms with Gasteiger partial charge < -0.3 is 0 Å². The van der Waals surface area contributed by atoms with Crippen LogP contribution in [-0.2, 0) is 5.41 Å². The Morgan fingerprint density at radius 3 is 1.79 bits per heavy atom. The molecule has 0 N–H and O–H groups in total. The zero-order valence-electron chi connectivity index (χ0n) is 29.2. The van der Waals surface area contributed by atoms with Crippen LogP contribution in [0.5, 0.6) is 0 Å². The second-order valence-electron chi connectivity index (χ2n) is 14.2. The molecular formula is C47H35N5. The number of fused-ring (bicyclic) bond motifs is 4. The SMILES string of the molecule is CC(C)(C)c1cc(-c2ccccc2)nc2c1ccc1ccc(-c3cc(-c4ccccc4)nc(-c4cccc(-c5cccc6cccnc56)c4)n3)nc12. The number of rotatable bonds is 5. The number of hydrogen-bond donors (Lipinski definition) is 0. The minimum atomic E-state index is -0.0984. The molecular weight excluding hydrogens is 635 g/mol. The second-order valence-corrected chi connectivity index (χ2v) is 14.2. The van der Waals surface area contributed by atoms with Gasteiger partial charge in [0.2, 0.25) is 0 Å². The average Bonchev–Trinajstić information content (AvgIpc) is 3.20. The molecule has 0 spiro atoms. The number of para-hydroxylation sites is 1. The third kappa shape index (κ3) is 5.76. The van der Waals surface area contributed by atoms with Crippen LogP contribution in [0.1, 0.15) is 26.3 Å². The third-order valence-corrected chi connectivity index (χ3v) is 9.64. The lowest BCUT2D eigenvalue weighted by Gasteiger charge is -2.23. The van der Waals surface area contributed by atoms with Crippen molar-refractivity contribution in [1.82, 2.24) is 24.9 Å². The van der Waals surface area contributed by atoms with Crippen molar-refractivity contribution in [3.8, 4) is 56.4 Å². The molecule has 0 aliphatic carbocycles. The summed E-state index contributed by atoms with van der Waals surface area (Å²) in [6.45, 7) is 6.76. The van der Waals surface area contributed by atoms with Gasteiger partial charge in [0.25, 0.3) is 0 Å². The summed E-state index contributed by atoms with van der Waals surface area (Å²) in [6.07, 6.45) is 1.84.